The highest BCUT2D eigenvalue weighted by Crippen LogP contribution is 2.26. The van der Waals surface area contributed by atoms with Crippen LogP contribution in [0.4, 0.5) is 0 Å². The maximum atomic E-state index is 6.18. The van der Waals surface area contributed by atoms with Crippen LogP contribution in [0.15, 0.2) is 22.7 Å². The molecular formula is C14H16Cl2N2O. The van der Waals surface area contributed by atoms with Crippen molar-refractivity contribution >= 4 is 23.2 Å². The lowest BCUT2D eigenvalue weighted by Gasteiger charge is -2.16. The zero-order valence-electron chi connectivity index (χ0n) is 11.1. The van der Waals surface area contributed by atoms with Crippen LogP contribution in [0.5, 0.6) is 0 Å². The van der Waals surface area contributed by atoms with Crippen LogP contribution in [-0.2, 0) is 6.54 Å². The van der Waals surface area contributed by atoms with E-state index in [0.717, 1.165) is 22.6 Å². The summed E-state index contributed by atoms with van der Waals surface area (Å²) in [5.41, 5.74) is 2.99. The minimum absolute atomic E-state index is 0.0971. The topological polar surface area (TPSA) is 38.1 Å². The van der Waals surface area contributed by atoms with Crippen molar-refractivity contribution in [1.29, 1.82) is 0 Å². The minimum atomic E-state index is 0.0971. The van der Waals surface area contributed by atoms with Crippen molar-refractivity contribution in [2.75, 3.05) is 0 Å². The van der Waals surface area contributed by atoms with Gasteiger partial charge in [0.2, 0.25) is 0 Å². The summed E-state index contributed by atoms with van der Waals surface area (Å²) in [5.74, 6) is 0.842. The highest BCUT2D eigenvalue weighted by atomic mass is 35.5. The van der Waals surface area contributed by atoms with Crippen LogP contribution in [0.3, 0.4) is 0 Å². The molecule has 3 nitrogen and oxygen atoms in total. The van der Waals surface area contributed by atoms with Gasteiger partial charge >= 0.3 is 0 Å². The Balaban J connectivity index is 2.09. The van der Waals surface area contributed by atoms with Crippen LogP contribution in [0, 0.1) is 13.8 Å². The van der Waals surface area contributed by atoms with Gasteiger partial charge in [-0.25, -0.2) is 0 Å². The average molecular weight is 299 g/mol. The van der Waals surface area contributed by atoms with E-state index in [4.69, 9.17) is 27.7 Å². The molecule has 0 spiro atoms. The normalized spacial score (nSPS) is 12.7. The predicted octanol–water partition coefficient (Wildman–Crippen LogP) is 4.45. The Morgan fingerprint density at radius 1 is 1.32 bits per heavy atom. The average Bonchev–Trinajstić information content (AvgIpc) is 2.69. The van der Waals surface area contributed by atoms with Gasteiger partial charge in [-0.05, 0) is 44.5 Å². The van der Waals surface area contributed by atoms with Gasteiger partial charge in [0.15, 0.2) is 0 Å². The molecule has 1 atom stereocenters. The lowest BCUT2D eigenvalue weighted by atomic mass is 10.1. The Hall–Kier alpha value is -1.03. The van der Waals surface area contributed by atoms with Crippen LogP contribution in [0.1, 0.15) is 35.5 Å². The molecule has 0 aliphatic heterocycles. The highest BCUT2D eigenvalue weighted by Gasteiger charge is 2.13. The van der Waals surface area contributed by atoms with Gasteiger partial charge in [-0.15, -0.1) is 0 Å². The second-order valence-corrected chi connectivity index (χ2v) is 5.41. The van der Waals surface area contributed by atoms with Crippen molar-refractivity contribution in [3.05, 3.63) is 50.8 Å². The Morgan fingerprint density at radius 2 is 2.05 bits per heavy atom. The molecule has 0 amide bonds. The summed E-state index contributed by atoms with van der Waals surface area (Å²) >= 11 is 12.2. The number of hydrogen-bond donors (Lipinski definition) is 1. The maximum absolute atomic E-state index is 6.18. The second kappa shape index (κ2) is 5.95. The Labute approximate surface area is 122 Å². The van der Waals surface area contributed by atoms with Gasteiger partial charge in [0.1, 0.15) is 5.76 Å². The number of benzene rings is 1. The van der Waals surface area contributed by atoms with Crippen LogP contribution < -0.4 is 5.32 Å². The Morgan fingerprint density at radius 3 is 2.68 bits per heavy atom. The smallest absolute Gasteiger partial charge is 0.138 e. The highest BCUT2D eigenvalue weighted by molar-refractivity contribution is 6.33. The van der Waals surface area contributed by atoms with Crippen LogP contribution >= 0.6 is 23.2 Å². The molecule has 2 aromatic rings. The third kappa shape index (κ3) is 3.30. The monoisotopic (exact) mass is 298 g/mol. The molecule has 1 heterocycles. The van der Waals surface area contributed by atoms with Crippen molar-refractivity contribution in [1.82, 2.24) is 10.5 Å². The number of rotatable bonds is 4. The summed E-state index contributed by atoms with van der Waals surface area (Å²) in [5, 5.41) is 8.74. The molecule has 1 N–H and O–H groups in total. The van der Waals surface area contributed by atoms with E-state index < -0.39 is 0 Å². The number of aromatic nitrogens is 1. The van der Waals surface area contributed by atoms with Gasteiger partial charge < -0.3 is 9.84 Å². The summed E-state index contributed by atoms with van der Waals surface area (Å²) in [7, 11) is 0. The van der Waals surface area contributed by atoms with Crippen LogP contribution in [-0.4, -0.2) is 5.16 Å². The molecule has 5 heteroatoms. The first-order chi connectivity index (χ1) is 8.99. The lowest BCUT2D eigenvalue weighted by molar-refractivity contribution is 0.391. The predicted molar refractivity (Wildman–Crippen MR) is 77.7 cm³/mol. The fourth-order valence-corrected chi connectivity index (χ4v) is 2.43. The molecule has 1 aromatic heterocycles. The Bertz CT molecular complexity index is 561. The van der Waals surface area contributed by atoms with E-state index in [9.17, 15) is 0 Å². The Kier molecular flexibility index (Phi) is 4.50. The summed E-state index contributed by atoms with van der Waals surface area (Å²) in [4.78, 5) is 0. The quantitative estimate of drug-likeness (QED) is 0.906. The molecule has 0 bridgehead atoms. The molecule has 102 valence electrons. The van der Waals surface area contributed by atoms with E-state index in [-0.39, 0.29) is 6.04 Å². The molecule has 0 fully saturated rings. The van der Waals surface area contributed by atoms with E-state index in [1.807, 2.05) is 26.0 Å². The van der Waals surface area contributed by atoms with Gasteiger partial charge in [-0.3, -0.25) is 0 Å². The SMILES string of the molecule is Cc1noc(C)c1CNC(C)c1cc(Cl)ccc1Cl. The number of aryl methyl sites for hydroxylation is 2. The third-order valence-electron chi connectivity index (χ3n) is 3.19. The number of nitrogens with one attached hydrogen (secondary N) is 1. The molecule has 0 aliphatic rings. The summed E-state index contributed by atoms with van der Waals surface area (Å²) in [6.45, 7) is 6.58. The fraction of sp³-hybridized carbons (Fsp3) is 0.357. The molecule has 19 heavy (non-hydrogen) atoms. The van der Waals surface area contributed by atoms with Gasteiger partial charge in [-0.2, -0.15) is 0 Å². The first-order valence-corrected chi connectivity index (χ1v) is 6.84. The first kappa shape index (κ1) is 14.4. The summed E-state index contributed by atoms with van der Waals surface area (Å²) in [6, 6.07) is 5.58. The minimum Gasteiger partial charge on any atom is -0.361 e. The van der Waals surface area contributed by atoms with Crippen molar-refractivity contribution in [2.24, 2.45) is 0 Å². The standard InChI is InChI=1S/C14H16Cl2N2O/c1-8(12-6-11(15)4-5-14(12)16)17-7-13-9(2)18-19-10(13)3/h4-6,8,17H,7H2,1-3H3. The van der Waals surface area contributed by atoms with Crippen molar-refractivity contribution in [3.8, 4) is 0 Å². The summed E-state index contributed by atoms with van der Waals surface area (Å²) in [6.07, 6.45) is 0. The molecule has 0 aliphatic carbocycles. The van der Waals surface area contributed by atoms with E-state index in [1.54, 1.807) is 6.07 Å². The molecule has 2 rings (SSSR count). The van der Waals surface area contributed by atoms with E-state index in [1.165, 1.54) is 0 Å². The van der Waals surface area contributed by atoms with Crippen molar-refractivity contribution in [3.63, 3.8) is 0 Å². The van der Waals surface area contributed by atoms with Gasteiger partial charge in [0, 0.05) is 28.2 Å². The molecule has 1 unspecified atom stereocenters. The van der Waals surface area contributed by atoms with Gasteiger partial charge in [0.05, 0.1) is 5.69 Å². The lowest BCUT2D eigenvalue weighted by Crippen LogP contribution is -2.19. The van der Waals surface area contributed by atoms with E-state index >= 15 is 0 Å². The number of nitrogens with zero attached hydrogens (tertiary/aromatic N) is 1. The van der Waals surface area contributed by atoms with E-state index in [2.05, 4.69) is 17.4 Å². The molecule has 1 aromatic carbocycles. The second-order valence-electron chi connectivity index (χ2n) is 4.57. The van der Waals surface area contributed by atoms with Crippen molar-refractivity contribution < 1.29 is 4.52 Å². The zero-order chi connectivity index (χ0) is 14.0. The molecular weight excluding hydrogens is 283 g/mol. The van der Waals surface area contributed by atoms with Crippen LogP contribution in [0.2, 0.25) is 10.0 Å². The molecule has 0 saturated carbocycles. The number of hydrogen-bond acceptors (Lipinski definition) is 3. The summed E-state index contributed by atoms with van der Waals surface area (Å²) < 4.78 is 5.14. The van der Waals surface area contributed by atoms with Gasteiger partial charge in [0.25, 0.3) is 0 Å². The van der Waals surface area contributed by atoms with Crippen molar-refractivity contribution in [2.45, 2.75) is 33.4 Å². The number of halogens is 2. The molecule has 0 saturated heterocycles. The third-order valence-corrected chi connectivity index (χ3v) is 3.77. The van der Waals surface area contributed by atoms with E-state index in [0.29, 0.717) is 16.6 Å². The molecule has 0 radical (unpaired) electrons. The largest absolute Gasteiger partial charge is 0.361 e. The first-order valence-electron chi connectivity index (χ1n) is 6.09. The van der Waals surface area contributed by atoms with Gasteiger partial charge in [-0.1, -0.05) is 28.4 Å². The zero-order valence-corrected chi connectivity index (χ0v) is 12.6. The van der Waals surface area contributed by atoms with Crippen LogP contribution in [0.25, 0.3) is 0 Å². The maximum Gasteiger partial charge on any atom is 0.138 e. The fourth-order valence-electron chi connectivity index (χ4n) is 1.97.